The van der Waals surface area contributed by atoms with E-state index in [0.29, 0.717) is 5.92 Å². The third kappa shape index (κ3) is 5.84. The first-order valence-corrected chi connectivity index (χ1v) is 15.8. The number of rotatable bonds is 7. The minimum atomic E-state index is 0.310. The summed E-state index contributed by atoms with van der Waals surface area (Å²) in [5.74, 6) is 0.310. The first kappa shape index (κ1) is 28.6. The predicted octanol–water partition coefficient (Wildman–Crippen LogP) is 11.8. The highest BCUT2D eigenvalue weighted by Crippen LogP contribution is 2.42. The molecule has 0 spiro atoms. The van der Waals surface area contributed by atoms with Gasteiger partial charge in [-0.25, -0.2) is 4.99 Å². The van der Waals surface area contributed by atoms with Gasteiger partial charge in [0.05, 0.1) is 11.4 Å². The van der Waals surface area contributed by atoms with Crippen molar-refractivity contribution in [2.24, 2.45) is 4.99 Å². The van der Waals surface area contributed by atoms with Crippen molar-refractivity contribution in [1.82, 2.24) is 0 Å². The van der Waals surface area contributed by atoms with Crippen LogP contribution in [0.3, 0.4) is 0 Å². The molecule has 0 radical (unpaired) electrons. The molecule has 7 rings (SSSR count). The topological polar surface area (TPSA) is 25.5 Å². The number of nitrogens with zero attached hydrogens (tertiary/aromatic N) is 1. The summed E-state index contributed by atoms with van der Waals surface area (Å²) in [5.41, 5.74) is 13.3. The van der Waals surface area contributed by atoms with Gasteiger partial charge >= 0.3 is 0 Å². The minimum Gasteiger partial charge on any atom is -0.456 e. The molecule has 0 N–H and O–H groups in total. The van der Waals surface area contributed by atoms with E-state index in [1.807, 2.05) is 18.2 Å². The van der Waals surface area contributed by atoms with Gasteiger partial charge in [0, 0.05) is 22.3 Å². The average molecular weight is 584 g/mol. The van der Waals surface area contributed by atoms with E-state index in [4.69, 9.17) is 9.41 Å². The number of allylic oxidation sites excluding steroid dienone is 10. The van der Waals surface area contributed by atoms with Gasteiger partial charge in [-0.3, -0.25) is 0 Å². The zero-order chi connectivity index (χ0) is 30.8. The fraction of sp³-hybridized carbons (Fsp3) is 0.140. The molecule has 2 heteroatoms. The van der Waals surface area contributed by atoms with Crippen molar-refractivity contribution in [2.75, 3.05) is 0 Å². The van der Waals surface area contributed by atoms with Crippen LogP contribution in [0.1, 0.15) is 55.7 Å². The summed E-state index contributed by atoms with van der Waals surface area (Å²) in [5, 5.41) is 2.23. The number of hydrogen-bond acceptors (Lipinski definition) is 2. The molecule has 2 nitrogen and oxygen atoms in total. The summed E-state index contributed by atoms with van der Waals surface area (Å²) in [6.45, 7) is 8.94. The fourth-order valence-electron chi connectivity index (χ4n) is 6.56. The van der Waals surface area contributed by atoms with Crippen molar-refractivity contribution in [3.8, 4) is 0 Å². The van der Waals surface area contributed by atoms with E-state index >= 15 is 0 Å². The fourth-order valence-corrected chi connectivity index (χ4v) is 6.56. The predicted molar refractivity (Wildman–Crippen MR) is 191 cm³/mol. The van der Waals surface area contributed by atoms with Crippen LogP contribution in [0.4, 0.5) is 0 Å². The lowest BCUT2D eigenvalue weighted by Gasteiger charge is -2.28. The maximum absolute atomic E-state index is 6.17. The second-order valence-electron chi connectivity index (χ2n) is 12.0. The van der Waals surface area contributed by atoms with Crippen LogP contribution in [0.15, 0.2) is 172 Å². The highest BCUT2D eigenvalue weighted by atomic mass is 16.3. The summed E-state index contributed by atoms with van der Waals surface area (Å²) >= 11 is 0. The standard InChI is InChI=1S/C43H37NO/c1-29(36-26-39(32-15-7-4-8-16-32)30(2)40(27-36)33-17-9-5-10-18-33)25-41(34-19-11-6-12-20-34)44-31(3)35-23-24-38-37-21-13-14-22-42(37)45-43(38)28-35/h4-5,7-11,13-26,28,40H,3,6,12,27H2,1-2H3/b29-25+,44-41?/t40-/m0/s1. The highest BCUT2D eigenvalue weighted by molar-refractivity contribution is 6.13. The van der Waals surface area contributed by atoms with Crippen molar-refractivity contribution in [3.05, 3.63) is 179 Å². The van der Waals surface area contributed by atoms with Gasteiger partial charge < -0.3 is 4.42 Å². The minimum absolute atomic E-state index is 0.310. The first-order chi connectivity index (χ1) is 22.0. The van der Waals surface area contributed by atoms with Crippen LogP contribution in [-0.4, -0.2) is 5.71 Å². The van der Waals surface area contributed by atoms with E-state index in [9.17, 15) is 0 Å². The third-order valence-corrected chi connectivity index (χ3v) is 9.09. The summed E-state index contributed by atoms with van der Waals surface area (Å²) < 4.78 is 6.17. The Morgan fingerprint density at radius 1 is 0.844 bits per heavy atom. The van der Waals surface area contributed by atoms with E-state index in [2.05, 4.69) is 136 Å². The van der Waals surface area contributed by atoms with Gasteiger partial charge in [-0.2, -0.15) is 0 Å². The molecule has 2 aliphatic rings. The Labute approximate surface area is 265 Å². The van der Waals surface area contributed by atoms with Gasteiger partial charge in [0.2, 0.25) is 0 Å². The molecular formula is C43H37NO. The van der Waals surface area contributed by atoms with E-state index in [1.54, 1.807) is 0 Å². The first-order valence-electron chi connectivity index (χ1n) is 15.8. The molecule has 0 amide bonds. The molecule has 5 aromatic rings. The Bertz CT molecular complexity index is 2090. The van der Waals surface area contributed by atoms with Crippen LogP contribution in [0, 0.1) is 0 Å². The van der Waals surface area contributed by atoms with Gasteiger partial charge in [-0.05, 0) is 90.8 Å². The maximum atomic E-state index is 6.17. The molecule has 45 heavy (non-hydrogen) atoms. The van der Waals surface area contributed by atoms with Crippen LogP contribution in [0.2, 0.25) is 0 Å². The summed E-state index contributed by atoms with van der Waals surface area (Å²) in [7, 11) is 0. The van der Waals surface area contributed by atoms with Crippen molar-refractivity contribution in [1.29, 1.82) is 0 Å². The number of furan rings is 1. The Morgan fingerprint density at radius 2 is 1.58 bits per heavy atom. The van der Waals surface area contributed by atoms with E-state index in [-0.39, 0.29) is 0 Å². The van der Waals surface area contributed by atoms with Crippen molar-refractivity contribution >= 4 is 38.9 Å². The van der Waals surface area contributed by atoms with Crippen LogP contribution in [-0.2, 0) is 0 Å². The number of hydrogen-bond donors (Lipinski definition) is 0. The zero-order valence-corrected chi connectivity index (χ0v) is 26.0. The van der Waals surface area contributed by atoms with Crippen molar-refractivity contribution < 1.29 is 4.42 Å². The third-order valence-electron chi connectivity index (χ3n) is 9.09. The van der Waals surface area contributed by atoms with Gasteiger partial charge in [-0.15, -0.1) is 0 Å². The summed E-state index contributed by atoms with van der Waals surface area (Å²) in [6.07, 6.45) is 14.4. The van der Waals surface area contributed by atoms with Gasteiger partial charge in [0.15, 0.2) is 0 Å². The maximum Gasteiger partial charge on any atom is 0.136 e. The highest BCUT2D eigenvalue weighted by Gasteiger charge is 2.24. The molecule has 1 aromatic heterocycles. The largest absolute Gasteiger partial charge is 0.456 e. The van der Waals surface area contributed by atoms with Crippen LogP contribution >= 0.6 is 0 Å². The van der Waals surface area contributed by atoms with Crippen molar-refractivity contribution in [3.63, 3.8) is 0 Å². The molecule has 0 bridgehead atoms. The molecule has 220 valence electrons. The SMILES string of the molecule is C=C(N=C(/C=C(\C)C1=CC(c2ccccc2)=C(C)[C@@H](c2ccccc2)C1)C1=CCCC=C1)c1ccc2c(c1)oc1ccccc12. The normalized spacial score (nSPS) is 17.5. The Kier molecular flexibility index (Phi) is 7.88. The van der Waals surface area contributed by atoms with Crippen LogP contribution in [0.25, 0.3) is 33.2 Å². The average Bonchev–Trinajstić information content (AvgIpc) is 3.47. The van der Waals surface area contributed by atoms with Crippen LogP contribution in [0.5, 0.6) is 0 Å². The smallest absolute Gasteiger partial charge is 0.136 e. The lowest BCUT2D eigenvalue weighted by molar-refractivity contribution is 0.669. The molecule has 0 aliphatic heterocycles. The molecule has 4 aromatic carbocycles. The quantitative estimate of drug-likeness (QED) is 0.175. The molecule has 0 fully saturated rings. The van der Waals surface area contributed by atoms with Crippen LogP contribution < -0.4 is 0 Å². The Balaban J connectivity index is 1.28. The molecular weight excluding hydrogens is 546 g/mol. The molecule has 1 heterocycles. The lowest BCUT2D eigenvalue weighted by atomic mass is 9.76. The molecule has 0 saturated heterocycles. The molecule has 1 atom stereocenters. The number of fused-ring (bicyclic) bond motifs is 3. The summed E-state index contributed by atoms with van der Waals surface area (Å²) in [4.78, 5) is 5.18. The van der Waals surface area contributed by atoms with Gasteiger partial charge in [0.1, 0.15) is 11.2 Å². The van der Waals surface area contributed by atoms with Gasteiger partial charge in [-0.1, -0.05) is 121 Å². The Hall–Kier alpha value is -5.21. The number of benzene rings is 4. The van der Waals surface area contributed by atoms with Crippen molar-refractivity contribution in [2.45, 2.75) is 39.0 Å². The second kappa shape index (κ2) is 12.4. The summed E-state index contributed by atoms with van der Waals surface area (Å²) in [6, 6.07) is 36.1. The van der Waals surface area contributed by atoms with Gasteiger partial charge in [0.25, 0.3) is 0 Å². The molecule has 0 unspecified atom stereocenters. The van der Waals surface area contributed by atoms with E-state index < -0.39 is 0 Å². The lowest BCUT2D eigenvalue weighted by Crippen LogP contribution is -2.11. The molecule has 2 aliphatic carbocycles. The van der Waals surface area contributed by atoms with E-state index in [1.165, 1.54) is 33.4 Å². The Morgan fingerprint density at radius 3 is 2.36 bits per heavy atom. The zero-order valence-electron chi connectivity index (χ0n) is 26.0. The number of aliphatic imine (C=N–C) groups is 1. The second-order valence-corrected chi connectivity index (χ2v) is 12.0. The number of para-hydroxylation sites is 1. The molecule has 0 saturated carbocycles. The monoisotopic (exact) mass is 583 g/mol. The van der Waals surface area contributed by atoms with E-state index in [0.717, 1.165) is 63.7 Å².